The van der Waals surface area contributed by atoms with Gasteiger partial charge in [-0.2, -0.15) is 0 Å². The molecule has 0 saturated carbocycles. The minimum absolute atomic E-state index is 0.144. The van der Waals surface area contributed by atoms with Gasteiger partial charge in [0.05, 0.1) is 0 Å². The van der Waals surface area contributed by atoms with Gasteiger partial charge in [-0.05, 0) is 24.0 Å². The fourth-order valence-electron chi connectivity index (χ4n) is 3.70. The van der Waals surface area contributed by atoms with E-state index < -0.39 is 17.4 Å². The molecule has 0 aromatic heterocycles. The molecule has 0 aliphatic heterocycles. The Kier molecular flexibility index (Phi) is 8.47. The summed E-state index contributed by atoms with van der Waals surface area (Å²) >= 11 is 0. The lowest BCUT2D eigenvalue weighted by Gasteiger charge is -2.31. The normalized spacial score (nSPS) is 11.1. The minimum atomic E-state index is -1.30. The molecule has 0 amide bonds. The molecular formula is C24H26O6. The molecule has 0 aliphatic carbocycles. The van der Waals surface area contributed by atoms with Crippen LogP contribution in [0.4, 0.5) is 0 Å². The first-order valence-electron chi connectivity index (χ1n) is 10.0. The van der Waals surface area contributed by atoms with Gasteiger partial charge in [-0.3, -0.25) is 19.2 Å². The van der Waals surface area contributed by atoms with E-state index in [1.54, 1.807) is 48.5 Å². The maximum absolute atomic E-state index is 12.6. The van der Waals surface area contributed by atoms with E-state index in [0.717, 1.165) is 19.3 Å². The van der Waals surface area contributed by atoms with Gasteiger partial charge in [-0.25, -0.2) is 0 Å². The van der Waals surface area contributed by atoms with Crippen molar-refractivity contribution in [2.24, 2.45) is 0 Å². The Balaban J connectivity index is 2.27. The third-order valence-corrected chi connectivity index (χ3v) is 5.39. The van der Waals surface area contributed by atoms with Crippen LogP contribution in [0, 0.1) is 0 Å². The summed E-state index contributed by atoms with van der Waals surface area (Å²) in [5, 5.41) is 19.0. The molecular weight excluding hydrogens is 384 g/mol. The summed E-state index contributed by atoms with van der Waals surface area (Å²) in [6, 6.07) is 13.1. The van der Waals surface area contributed by atoms with Crippen molar-refractivity contribution < 1.29 is 29.4 Å². The van der Waals surface area contributed by atoms with Gasteiger partial charge in [-0.1, -0.05) is 74.2 Å². The predicted octanol–water partition coefficient (Wildman–Crippen LogP) is 4.50. The van der Waals surface area contributed by atoms with Crippen molar-refractivity contribution in [1.29, 1.82) is 0 Å². The molecule has 0 fully saturated rings. The van der Waals surface area contributed by atoms with E-state index in [9.17, 15) is 24.3 Å². The van der Waals surface area contributed by atoms with Crippen LogP contribution in [0.25, 0.3) is 0 Å². The van der Waals surface area contributed by atoms with Crippen molar-refractivity contribution in [1.82, 2.24) is 0 Å². The highest BCUT2D eigenvalue weighted by Crippen LogP contribution is 2.38. The molecule has 2 aromatic carbocycles. The molecule has 2 rings (SSSR count). The maximum Gasteiger partial charge on any atom is 0.318 e. The molecule has 0 radical (unpaired) electrons. The lowest BCUT2D eigenvalue weighted by Crippen LogP contribution is -2.37. The Morgan fingerprint density at radius 2 is 1.13 bits per heavy atom. The fraction of sp³-hybridized carbons (Fsp3) is 0.333. The van der Waals surface area contributed by atoms with Crippen LogP contribution in [0.5, 0.6) is 0 Å². The second-order valence-corrected chi connectivity index (χ2v) is 7.35. The van der Waals surface area contributed by atoms with E-state index in [1.807, 2.05) is 0 Å². The first kappa shape index (κ1) is 23.0. The van der Waals surface area contributed by atoms with Crippen molar-refractivity contribution in [2.75, 3.05) is 0 Å². The molecule has 2 N–H and O–H groups in total. The molecule has 0 spiro atoms. The van der Waals surface area contributed by atoms with Gasteiger partial charge in [0.25, 0.3) is 0 Å². The number of aliphatic carboxylic acids is 2. The minimum Gasteiger partial charge on any atom is -0.481 e. The van der Waals surface area contributed by atoms with Gasteiger partial charge in [0.1, 0.15) is 18.0 Å². The standard InChI is InChI=1S/C24H26O6/c25-16-18-7-11-20(12-8-18)24(23(29)30,21-13-9-19(17-26)10-14-21)15-5-3-1-2-4-6-22(27)28/h7-14,16-17H,1-6,15H2,(H,27,28)(H,29,30). The topological polar surface area (TPSA) is 109 Å². The van der Waals surface area contributed by atoms with E-state index in [4.69, 9.17) is 5.11 Å². The predicted molar refractivity (Wildman–Crippen MR) is 112 cm³/mol. The monoisotopic (exact) mass is 410 g/mol. The zero-order chi connectivity index (χ0) is 22.0. The molecule has 30 heavy (non-hydrogen) atoms. The van der Waals surface area contributed by atoms with Crippen LogP contribution < -0.4 is 0 Å². The molecule has 0 heterocycles. The Morgan fingerprint density at radius 1 is 0.700 bits per heavy atom. The van der Waals surface area contributed by atoms with Crippen LogP contribution >= 0.6 is 0 Å². The van der Waals surface area contributed by atoms with Crippen LogP contribution in [-0.4, -0.2) is 34.7 Å². The van der Waals surface area contributed by atoms with Gasteiger partial charge in [-0.15, -0.1) is 0 Å². The quantitative estimate of drug-likeness (QED) is 0.372. The number of unbranched alkanes of at least 4 members (excludes halogenated alkanes) is 4. The lowest BCUT2D eigenvalue weighted by atomic mass is 9.70. The number of carboxylic acid groups (broad SMARTS) is 2. The number of benzene rings is 2. The summed E-state index contributed by atoms with van der Waals surface area (Å²) in [5.74, 6) is -1.80. The average Bonchev–Trinajstić information content (AvgIpc) is 2.75. The second-order valence-electron chi connectivity index (χ2n) is 7.35. The first-order valence-corrected chi connectivity index (χ1v) is 10.0. The number of hydrogen-bond acceptors (Lipinski definition) is 4. The molecule has 158 valence electrons. The second kappa shape index (κ2) is 11.0. The number of hydrogen-bond donors (Lipinski definition) is 2. The number of rotatable bonds is 13. The Hall–Kier alpha value is -3.28. The number of carboxylic acids is 2. The van der Waals surface area contributed by atoms with Gasteiger partial charge >= 0.3 is 11.9 Å². The number of carbonyl (C=O) groups is 4. The zero-order valence-electron chi connectivity index (χ0n) is 16.8. The maximum atomic E-state index is 12.6. The molecule has 0 saturated heterocycles. The van der Waals surface area contributed by atoms with Crippen LogP contribution in [0.1, 0.15) is 76.8 Å². The molecule has 0 bridgehead atoms. The molecule has 0 aliphatic rings. The average molecular weight is 410 g/mol. The third kappa shape index (κ3) is 5.63. The van der Waals surface area contributed by atoms with Gasteiger partial charge < -0.3 is 10.2 Å². The molecule has 2 aromatic rings. The highest BCUT2D eigenvalue weighted by Gasteiger charge is 2.41. The van der Waals surface area contributed by atoms with Crippen molar-refractivity contribution in [2.45, 2.75) is 50.4 Å². The molecule has 6 heteroatoms. The van der Waals surface area contributed by atoms with E-state index in [1.165, 1.54) is 0 Å². The van der Waals surface area contributed by atoms with E-state index >= 15 is 0 Å². The smallest absolute Gasteiger partial charge is 0.318 e. The summed E-state index contributed by atoms with van der Waals surface area (Å²) in [5.41, 5.74) is 0.778. The van der Waals surface area contributed by atoms with Crippen LogP contribution in [0.2, 0.25) is 0 Å². The highest BCUT2D eigenvalue weighted by molar-refractivity contribution is 5.87. The highest BCUT2D eigenvalue weighted by atomic mass is 16.4. The molecule has 6 nitrogen and oxygen atoms in total. The molecule has 0 unspecified atom stereocenters. The number of carbonyl (C=O) groups excluding carboxylic acids is 2. The first-order chi connectivity index (χ1) is 14.4. The van der Waals surface area contributed by atoms with Crippen molar-refractivity contribution in [3.63, 3.8) is 0 Å². The van der Waals surface area contributed by atoms with Crippen LogP contribution in [0.15, 0.2) is 48.5 Å². The zero-order valence-corrected chi connectivity index (χ0v) is 16.8. The van der Waals surface area contributed by atoms with Crippen LogP contribution in [-0.2, 0) is 15.0 Å². The van der Waals surface area contributed by atoms with Crippen molar-refractivity contribution >= 4 is 24.5 Å². The SMILES string of the molecule is O=Cc1ccc(C(CCCCCCCC(=O)O)(C(=O)O)c2ccc(C=O)cc2)cc1. The largest absolute Gasteiger partial charge is 0.481 e. The van der Waals surface area contributed by atoms with E-state index in [0.29, 0.717) is 54.1 Å². The Labute approximate surface area is 175 Å². The Morgan fingerprint density at radius 3 is 1.53 bits per heavy atom. The Bertz CT molecular complexity index is 816. The van der Waals surface area contributed by atoms with Gasteiger partial charge in [0.2, 0.25) is 0 Å². The van der Waals surface area contributed by atoms with Crippen molar-refractivity contribution in [3.8, 4) is 0 Å². The fourth-order valence-corrected chi connectivity index (χ4v) is 3.70. The van der Waals surface area contributed by atoms with Gasteiger partial charge in [0, 0.05) is 17.5 Å². The van der Waals surface area contributed by atoms with E-state index in [-0.39, 0.29) is 6.42 Å². The third-order valence-electron chi connectivity index (χ3n) is 5.39. The lowest BCUT2D eigenvalue weighted by molar-refractivity contribution is -0.142. The van der Waals surface area contributed by atoms with Gasteiger partial charge in [0.15, 0.2) is 0 Å². The summed E-state index contributed by atoms with van der Waals surface area (Å²) < 4.78 is 0. The summed E-state index contributed by atoms with van der Waals surface area (Å²) in [7, 11) is 0. The molecule has 0 atom stereocenters. The number of aldehydes is 2. The summed E-state index contributed by atoms with van der Waals surface area (Å²) in [4.78, 5) is 45.1. The van der Waals surface area contributed by atoms with Crippen LogP contribution in [0.3, 0.4) is 0 Å². The summed E-state index contributed by atoms with van der Waals surface area (Å²) in [6.45, 7) is 0. The van der Waals surface area contributed by atoms with Crippen molar-refractivity contribution in [3.05, 3.63) is 70.8 Å². The summed E-state index contributed by atoms with van der Waals surface area (Å²) in [6.07, 6.45) is 5.57. The van der Waals surface area contributed by atoms with E-state index in [2.05, 4.69) is 0 Å².